The molecule has 2 fully saturated rings. The Labute approximate surface area is 180 Å². The van der Waals surface area contributed by atoms with Gasteiger partial charge in [0.15, 0.2) is 0 Å². The summed E-state index contributed by atoms with van der Waals surface area (Å²) < 4.78 is 10.9. The van der Waals surface area contributed by atoms with Gasteiger partial charge in [-0.25, -0.2) is 0 Å². The van der Waals surface area contributed by atoms with Gasteiger partial charge in [0.1, 0.15) is 0 Å². The second-order valence-electron chi connectivity index (χ2n) is 8.38. The molecule has 0 radical (unpaired) electrons. The number of aromatic nitrogens is 3. The first kappa shape index (κ1) is 23.0. The summed E-state index contributed by atoms with van der Waals surface area (Å²) in [6.45, 7) is 5.72. The summed E-state index contributed by atoms with van der Waals surface area (Å²) in [6.07, 6.45) is 9.89. The zero-order valence-corrected chi connectivity index (χ0v) is 18.4. The maximum absolute atomic E-state index is 5.57. The number of nitrogens with zero attached hydrogens (tertiary/aromatic N) is 3. The van der Waals surface area contributed by atoms with Crippen LogP contribution in [0.5, 0.6) is 0 Å². The first-order chi connectivity index (χ1) is 14.7. The molecule has 0 amide bonds. The second kappa shape index (κ2) is 12.9. The molecule has 9 heteroatoms. The number of rotatable bonds is 13. The van der Waals surface area contributed by atoms with Gasteiger partial charge in [0.05, 0.1) is 26.4 Å². The van der Waals surface area contributed by atoms with Crippen LogP contribution in [0.2, 0.25) is 0 Å². The van der Waals surface area contributed by atoms with E-state index in [9.17, 15) is 0 Å². The number of hydrogen-bond donors (Lipinski definition) is 4. The molecule has 170 valence electrons. The van der Waals surface area contributed by atoms with Crippen LogP contribution in [-0.2, 0) is 9.47 Å². The summed E-state index contributed by atoms with van der Waals surface area (Å²) in [5.41, 5.74) is 5.39. The van der Waals surface area contributed by atoms with Crippen molar-refractivity contribution in [1.29, 1.82) is 0 Å². The van der Waals surface area contributed by atoms with Gasteiger partial charge in [-0.15, -0.1) is 0 Å². The molecule has 0 saturated heterocycles. The van der Waals surface area contributed by atoms with E-state index in [1.54, 1.807) is 0 Å². The average molecular weight is 422 g/mol. The van der Waals surface area contributed by atoms with E-state index < -0.39 is 0 Å². The topological polar surface area (TPSA) is 119 Å². The molecule has 0 aromatic carbocycles. The third kappa shape index (κ3) is 7.85. The monoisotopic (exact) mass is 421 g/mol. The van der Waals surface area contributed by atoms with Crippen molar-refractivity contribution in [2.45, 2.75) is 70.4 Å². The van der Waals surface area contributed by atoms with E-state index in [2.05, 4.69) is 37.8 Å². The molecule has 2 saturated carbocycles. The quantitative estimate of drug-likeness (QED) is 0.356. The van der Waals surface area contributed by atoms with E-state index in [1.807, 2.05) is 0 Å². The molecule has 9 nitrogen and oxygen atoms in total. The molecule has 2 aliphatic rings. The molecule has 3 rings (SSSR count). The van der Waals surface area contributed by atoms with Crippen LogP contribution in [0.3, 0.4) is 0 Å². The van der Waals surface area contributed by atoms with E-state index in [-0.39, 0.29) is 0 Å². The van der Waals surface area contributed by atoms with Crippen LogP contribution in [0, 0.1) is 5.92 Å². The van der Waals surface area contributed by atoms with Crippen LogP contribution in [-0.4, -0.2) is 66.6 Å². The van der Waals surface area contributed by atoms with Crippen molar-refractivity contribution < 1.29 is 9.47 Å². The Balaban J connectivity index is 1.53. The van der Waals surface area contributed by atoms with Gasteiger partial charge in [-0.05, 0) is 31.6 Å². The predicted molar refractivity (Wildman–Crippen MR) is 120 cm³/mol. The summed E-state index contributed by atoms with van der Waals surface area (Å²) in [5.74, 6) is 2.52. The van der Waals surface area contributed by atoms with Gasteiger partial charge in [-0.2, -0.15) is 15.0 Å². The average Bonchev–Trinajstić information content (AvgIpc) is 3.25. The predicted octanol–water partition coefficient (Wildman–Crippen LogP) is 2.62. The van der Waals surface area contributed by atoms with Gasteiger partial charge < -0.3 is 31.2 Å². The van der Waals surface area contributed by atoms with Crippen molar-refractivity contribution in [2.24, 2.45) is 11.7 Å². The Kier molecular flexibility index (Phi) is 9.85. The molecule has 5 N–H and O–H groups in total. The Bertz CT molecular complexity index is 613. The highest BCUT2D eigenvalue weighted by Crippen LogP contribution is 2.27. The molecule has 2 unspecified atom stereocenters. The van der Waals surface area contributed by atoms with E-state index in [0.29, 0.717) is 75.4 Å². The van der Waals surface area contributed by atoms with Crippen molar-refractivity contribution in [1.82, 2.24) is 15.0 Å². The van der Waals surface area contributed by atoms with Crippen molar-refractivity contribution in [3.63, 3.8) is 0 Å². The largest absolute Gasteiger partial charge is 0.378 e. The van der Waals surface area contributed by atoms with Gasteiger partial charge >= 0.3 is 0 Å². The lowest BCUT2D eigenvalue weighted by Crippen LogP contribution is -2.31. The highest BCUT2D eigenvalue weighted by molar-refractivity contribution is 5.43. The Hall–Kier alpha value is -1.71. The number of anilines is 3. The second-order valence-corrected chi connectivity index (χ2v) is 8.38. The van der Waals surface area contributed by atoms with E-state index >= 15 is 0 Å². The number of nitrogens with one attached hydrogen (secondary N) is 3. The zero-order chi connectivity index (χ0) is 21.0. The highest BCUT2D eigenvalue weighted by Gasteiger charge is 2.23. The van der Waals surface area contributed by atoms with Gasteiger partial charge in [-0.1, -0.05) is 32.6 Å². The van der Waals surface area contributed by atoms with Gasteiger partial charge in [-0.3, -0.25) is 0 Å². The Morgan fingerprint density at radius 2 is 1.43 bits per heavy atom. The van der Waals surface area contributed by atoms with Crippen LogP contribution in [0.4, 0.5) is 17.8 Å². The molecule has 1 aromatic rings. The van der Waals surface area contributed by atoms with Crippen LogP contribution >= 0.6 is 0 Å². The summed E-state index contributed by atoms with van der Waals surface area (Å²) in [5, 5.41) is 10.3. The van der Waals surface area contributed by atoms with E-state index in [0.717, 1.165) is 0 Å². The number of ether oxygens (including phenoxy) is 2. The molecule has 1 heterocycles. The summed E-state index contributed by atoms with van der Waals surface area (Å²) >= 11 is 0. The summed E-state index contributed by atoms with van der Waals surface area (Å²) in [4.78, 5) is 13.9. The number of hydrogen-bond acceptors (Lipinski definition) is 9. The lowest BCUT2D eigenvalue weighted by Gasteiger charge is -2.29. The van der Waals surface area contributed by atoms with Crippen LogP contribution < -0.4 is 21.7 Å². The van der Waals surface area contributed by atoms with Crippen molar-refractivity contribution in [2.75, 3.05) is 55.5 Å². The fraction of sp³-hybridized carbons (Fsp3) is 0.857. The van der Waals surface area contributed by atoms with E-state index in [4.69, 9.17) is 15.2 Å². The fourth-order valence-corrected chi connectivity index (χ4v) is 4.17. The minimum atomic E-state index is 0.421. The van der Waals surface area contributed by atoms with Crippen molar-refractivity contribution >= 4 is 17.8 Å². The zero-order valence-electron chi connectivity index (χ0n) is 18.4. The maximum Gasteiger partial charge on any atom is 0.229 e. The minimum Gasteiger partial charge on any atom is -0.378 e. The molecule has 30 heavy (non-hydrogen) atoms. The molecule has 1 aromatic heterocycles. The van der Waals surface area contributed by atoms with Gasteiger partial charge in [0.25, 0.3) is 0 Å². The Morgan fingerprint density at radius 3 is 2.17 bits per heavy atom. The molecule has 0 aliphatic heterocycles. The van der Waals surface area contributed by atoms with Crippen LogP contribution in [0.1, 0.15) is 58.3 Å². The molecule has 0 bridgehead atoms. The molecule has 2 atom stereocenters. The molecular formula is C21H39N7O2. The third-order valence-corrected chi connectivity index (χ3v) is 5.91. The molecular weight excluding hydrogens is 382 g/mol. The molecule has 0 spiro atoms. The first-order valence-electron chi connectivity index (χ1n) is 11.6. The molecule has 2 aliphatic carbocycles. The Morgan fingerprint density at radius 1 is 0.800 bits per heavy atom. The van der Waals surface area contributed by atoms with Crippen molar-refractivity contribution in [3.05, 3.63) is 0 Å². The number of nitrogens with two attached hydrogens (primary N) is 1. The highest BCUT2D eigenvalue weighted by atomic mass is 16.5. The van der Waals surface area contributed by atoms with Crippen LogP contribution in [0.15, 0.2) is 0 Å². The van der Waals surface area contributed by atoms with E-state index in [1.165, 1.54) is 51.4 Å². The summed E-state index contributed by atoms with van der Waals surface area (Å²) in [7, 11) is 0. The smallest absolute Gasteiger partial charge is 0.229 e. The van der Waals surface area contributed by atoms with Crippen molar-refractivity contribution in [3.8, 4) is 0 Å². The summed E-state index contributed by atoms with van der Waals surface area (Å²) in [6, 6.07) is 0.878. The maximum atomic E-state index is 5.57. The lowest BCUT2D eigenvalue weighted by atomic mass is 9.86. The minimum absolute atomic E-state index is 0.421. The fourth-order valence-electron chi connectivity index (χ4n) is 4.17. The third-order valence-electron chi connectivity index (χ3n) is 5.91. The van der Waals surface area contributed by atoms with Crippen LogP contribution in [0.25, 0.3) is 0 Å². The lowest BCUT2D eigenvalue weighted by molar-refractivity contribution is 0.0547. The SMILES string of the molecule is CC1CCCCC1Nc1nc(NCCOCCOCCN)nc(NC2CCCC2)n1. The van der Waals surface area contributed by atoms with Gasteiger partial charge in [0, 0.05) is 25.2 Å². The van der Waals surface area contributed by atoms with Gasteiger partial charge in [0.2, 0.25) is 17.8 Å². The standard InChI is InChI=1S/C21H39N7O2/c1-16-6-2-5-9-18(16)25-21-27-19(23-11-13-30-15-14-29-12-10-22)26-20(28-21)24-17-7-3-4-8-17/h16-18H,2-15,22H2,1H3,(H3,23,24,25,26,27,28). The normalized spacial score (nSPS) is 22.2. The first-order valence-corrected chi connectivity index (χ1v) is 11.6.